The van der Waals surface area contributed by atoms with Crippen LogP contribution in [0.15, 0.2) is 89.8 Å². The van der Waals surface area contributed by atoms with Gasteiger partial charge < -0.3 is 15.0 Å². The highest BCUT2D eigenvalue weighted by Crippen LogP contribution is 2.22. The molecule has 11 nitrogen and oxygen atoms in total. The Kier molecular flexibility index (Phi) is 7.21. The van der Waals surface area contributed by atoms with Crippen molar-refractivity contribution in [3.05, 3.63) is 95.6 Å². The predicted octanol–water partition coefficient (Wildman–Crippen LogP) is 4.27. The number of hydrogen-bond acceptors (Lipinski definition) is 8. The first-order valence-corrected chi connectivity index (χ1v) is 13.3. The number of amides is 1. The highest BCUT2D eigenvalue weighted by Gasteiger charge is 2.16. The fourth-order valence-corrected chi connectivity index (χ4v) is 4.66. The fourth-order valence-electron chi connectivity index (χ4n) is 3.57. The van der Waals surface area contributed by atoms with Gasteiger partial charge in [0.2, 0.25) is 0 Å². The third-order valence-corrected chi connectivity index (χ3v) is 6.99. The molecule has 0 spiro atoms. The number of sulfonamides is 1. The lowest BCUT2D eigenvalue weighted by Gasteiger charge is -2.09. The van der Waals surface area contributed by atoms with Gasteiger partial charge in [-0.1, -0.05) is 41.9 Å². The van der Waals surface area contributed by atoms with Crippen molar-refractivity contribution in [2.24, 2.45) is 0 Å². The standard InChI is InChI=1S/C26H19ClN6O5S/c27-22-12-13-23(32-31-22)33-39(36,37)19-9-7-18(8-10-19)28-24(34)15-38-26(35)17-6-11-20-21(14-17)30-25(29-20)16-4-2-1-3-5-16/h1-14H,15H2,(H,28,34)(H,29,30)(H,32,33). The summed E-state index contributed by atoms with van der Waals surface area (Å²) in [6.45, 7) is -0.536. The zero-order valence-corrected chi connectivity index (χ0v) is 21.5. The summed E-state index contributed by atoms with van der Waals surface area (Å²) < 4.78 is 32.5. The molecule has 0 radical (unpaired) electrons. The Morgan fingerprint density at radius 2 is 1.69 bits per heavy atom. The number of esters is 1. The summed E-state index contributed by atoms with van der Waals surface area (Å²) in [5.74, 6) is -0.603. The summed E-state index contributed by atoms with van der Waals surface area (Å²) in [7, 11) is -3.94. The maximum absolute atomic E-state index is 12.5. The van der Waals surface area contributed by atoms with Gasteiger partial charge in [-0.3, -0.25) is 9.52 Å². The number of aromatic nitrogens is 4. The molecule has 0 unspecified atom stereocenters. The SMILES string of the molecule is O=C(COC(=O)c1ccc2nc(-c3ccccc3)[nH]c2c1)Nc1ccc(S(=O)(=O)Nc2ccc(Cl)nn2)cc1. The van der Waals surface area contributed by atoms with Crippen molar-refractivity contribution in [2.45, 2.75) is 4.90 Å². The zero-order valence-electron chi connectivity index (χ0n) is 20.0. The maximum Gasteiger partial charge on any atom is 0.338 e. The van der Waals surface area contributed by atoms with Crippen molar-refractivity contribution in [2.75, 3.05) is 16.6 Å². The number of H-pyrrole nitrogens is 1. The molecule has 39 heavy (non-hydrogen) atoms. The molecular weight excluding hydrogens is 544 g/mol. The monoisotopic (exact) mass is 562 g/mol. The summed E-state index contributed by atoms with van der Waals surface area (Å²) in [6, 6.07) is 22.6. The van der Waals surface area contributed by atoms with E-state index in [0.717, 1.165) is 5.56 Å². The quantitative estimate of drug-likeness (QED) is 0.237. The Hall–Kier alpha value is -4.81. The Morgan fingerprint density at radius 3 is 2.41 bits per heavy atom. The Labute approximate surface area is 227 Å². The molecule has 1 amide bonds. The van der Waals surface area contributed by atoms with Crippen molar-refractivity contribution < 1.29 is 22.7 Å². The van der Waals surface area contributed by atoms with Crippen molar-refractivity contribution in [1.82, 2.24) is 20.2 Å². The van der Waals surface area contributed by atoms with E-state index in [4.69, 9.17) is 16.3 Å². The van der Waals surface area contributed by atoms with Crippen molar-refractivity contribution >= 4 is 56.0 Å². The summed E-state index contributed by atoms with van der Waals surface area (Å²) in [5, 5.41) is 9.91. The molecule has 2 aromatic heterocycles. The number of ether oxygens (including phenoxy) is 1. The van der Waals surface area contributed by atoms with Crippen LogP contribution in [-0.4, -0.2) is 47.1 Å². The molecule has 0 aliphatic heterocycles. The van der Waals surface area contributed by atoms with E-state index in [1.54, 1.807) is 18.2 Å². The second-order valence-electron chi connectivity index (χ2n) is 8.18. The number of aromatic amines is 1. The molecule has 0 fully saturated rings. The molecule has 0 saturated heterocycles. The van der Waals surface area contributed by atoms with Crippen LogP contribution in [-0.2, 0) is 19.6 Å². The lowest BCUT2D eigenvalue weighted by Crippen LogP contribution is -2.21. The number of imidazole rings is 1. The molecule has 2 heterocycles. The summed E-state index contributed by atoms with van der Waals surface area (Å²) in [5.41, 5.74) is 2.82. The number of halogens is 1. The van der Waals surface area contributed by atoms with Gasteiger partial charge in [0.1, 0.15) is 5.82 Å². The molecule has 13 heteroatoms. The topological polar surface area (TPSA) is 156 Å². The van der Waals surface area contributed by atoms with Crippen LogP contribution in [0.1, 0.15) is 10.4 Å². The van der Waals surface area contributed by atoms with Crippen LogP contribution in [0.5, 0.6) is 0 Å². The van der Waals surface area contributed by atoms with E-state index in [-0.39, 0.29) is 21.4 Å². The first-order chi connectivity index (χ1) is 18.8. The fraction of sp³-hybridized carbons (Fsp3) is 0.0385. The number of carbonyl (C=O) groups excluding carboxylic acids is 2. The summed E-state index contributed by atoms with van der Waals surface area (Å²) >= 11 is 5.65. The van der Waals surface area contributed by atoms with E-state index in [1.807, 2.05) is 30.3 Å². The highest BCUT2D eigenvalue weighted by atomic mass is 35.5. The van der Waals surface area contributed by atoms with Gasteiger partial charge in [0, 0.05) is 11.3 Å². The number of nitrogens with one attached hydrogen (secondary N) is 3. The van der Waals surface area contributed by atoms with Crippen LogP contribution in [0.2, 0.25) is 5.15 Å². The van der Waals surface area contributed by atoms with Gasteiger partial charge in [-0.15, -0.1) is 10.2 Å². The minimum Gasteiger partial charge on any atom is -0.452 e. The van der Waals surface area contributed by atoms with Crippen molar-refractivity contribution in [1.29, 1.82) is 0 Å². The van der Waals surface area contributed by atoms with Crippen molar-refractivity contribution in [3.8, 4) is 11.4 Å². The van der Waals surface area contributed by atoms with Crippen molar-refractivity contribution in [3.63, 3.8) is 0 Å². The average molecular weight is 563 g/mol. The minimum atomic E-state index is -3.94. The van der Waals surface area contributed by atoms with E-state index in [9.17, 15) is 18.0 Å². The van der Waals surface area contributed by atoms with Gasteiger partial charge in [0.25, 0.3) is 15.9 Å². The third kappa shape index (κ3) is 6.20. The first kappa shape index (κ1) is 25.8. The average Bonchev–Trinajstić information content (AvgIpc) is 3.37. The van der Waals surface area contributed by atoms with Crippen LogP contribution in [0.3, 0.4) is 0 Å². The normalized spacial score (nSPS) is 11.2. The second-order valence-corrected chi connectivity index (χ2v) is 10.2. The smallest absolute Gasteiger partial charge is 0.338 e. The molecule has 3 N–H and O–H groups in total. The number of fused-ring (bicyclic) bond motifs is 1. The molecular formula is C26H19ClN6O5S. The van der Waals surface area contributed by atoms with Gasteiger partial charge in [-0.2, -0.15) is 0 Å². The first-order valence-electron chi connectivity index (χ1n) is 11.4. The second kappa shape index (κ2) is 10.9. The maximum atomic E-state index is 12.5. The number of anilines is 2. The van der Waals surface area contributed by atoms with E-state index >= 15 is 0 Å². The minimum absolute atomic E-state index is 0.00177. The van der Waals surface area contributed by atoms with E-state index < -0.39 is 28.5 Å². The predicted molar refractivity (Wildman–Crippen MR) is 145 cm³/mol. The Morgan fingerprint density at radius 1 is 0.923 bits per heavy atom. The lowest BCUT2D eigenvalue weighted by molar-refractivity contribution is -0.119. The number of carbonyl (C=O) groups is 2. The third-order valence-electron chi connectivity index (χ3n) is 5.42. The van der Waals surface area contributed by atoms with E-state index in [1.165, 1.54) is 36.4 Å². The lowest BCUT2D eigenvalue weighted by atomic mass is 10.2. The largest absolute Gasteiger partial charge is 0.452 e. The number of benzene rings is 3. The highest BCUT2D eigenvalue weighted by molar-refractivity contribution is 7.92. The number of rotatable bonds is 8. The molecule has 196 valence electrons. The molecule has 0 saturated carbocycles. The van der Waals surface area contributed by atoms with E-state index in [2.05, 4.69) is 30.2 Å². The zero-order chi connectivity index (χ0) is 27.4. The van der Waals surface area contributed by atoms with E-state index in [0.29, 0.717) is 22.5 Å². The molecule has 0 atom stereocenters. The molecule has 0 aliphatic rings. The van der Waals surface area contributed by atoms with Gasteiger partial charge in [-0.05, 0) is 54.6 Å². The van der Waals surface area contributed by atoms with Crippen LogP contribution in [0.25, 0.3) is 22.4 Å². The van der Waals surface area contributed by atoms with Crippen LogP contribution in [0.4, 0.5) is 11.5 Å². The molecule has 0 aliphatic carbocycles. The summed E-state index contributed by atoms with van der Waals surface area (Å²) in [6.07, 6.45) is 0. The van der Waals surface area contributed by atoms with Crippen LogP contribution in [0, 0.1) is 0 Å². The number of hydrogen-bond donors (Lipinski definition) is 3. The molecule has 3 aromatic carbocycles. The number of nitrogens with zero attached hydrogens (tertiary/aromatic N) is 3. The molecule has 5 aromatic rings. The summed E-state index contributed by atoms with van der Waals surface area (Å²) in [4.78, 5) is 32.5. The van der Waals surface area contributed by atoms with Gasteiger partial charge >= 0.3 is 5.97 Å². The van der Waals surface area contributed by atoms with Gasteiger partial charge in [0.15, 0.2) is 17.6 Å². The Balaban J connectivity index is 1.17. The van der Waals surface area contributed by atoms with Crippen LogP contribution < -0.4 is 10.0 Å². The van der Waals surface area contributed by atoms with Gasteiger partial charge in [-0.25, -0.2) is 18.2 Å². The molecule has 5 rings (SSSR count). The van der Waals surface area contributed by atoms with Gasteiger partial charge in [0.05, 0.1) is 21.5 Å². The Bertz CT molecular complexity index is 1760. The molecule has 0 bridgehead atoms. The van der Waals surface area contributed by atoms with Crippen LogP contribution >= 0.6 is 11.6 Å².